The van der Waals surface area contributed by atoms with Gasteiger partial charge in [-0.3, -0.25) is 4.79 Å². The van der Waals surface area contributed by atoms with Gasteiger partial charge in [0.1, 0.15) is 12.6 Å². The molecule has 9 nitrogen and oxygen atoms in total. The molecule has 0 fully saturated rings. The predicted molar refractivity (Wildman–Crippen MR) is 126 cm³/mol. The monoisotopic (exact) mass is 469 g/mol. The Bertz CT molecular complexity index is 993. The molecule has 2 aromatic carbocycles. The molecular weight excluding hydrogens is 438 g/mol. The standard InChI is InChI=1S/C25H31N3O6/c1-15(29)22(24(31)32)27-23(30)21(12-13-28(2)3)26-25(33)34-14-20-18-10-6-4-8-16(18)17-9-5-7-11-19(17)20/h4-11,15,20-22,29H,12-14H2,1-3H3,(H,26,33)(H,27,30)(H,31,32)/t15-,21?,22+/m1/s1. The number of alkyl carbamates (subject to hydrolysis) is 1. The SMILES string of the molecule is C[C@@H](O)[C@H](NC(=O)C(CCN(C)C)NC(=O)OCC1c2ccccc2-c2ccccc21)C(=O)O. The summed E-state index contributed by atoms with van der Waals surface area (Å²) in [7, 11) is 3.64. The third-order valence-electron chi connectivity index (χ3n) is 5.86. The third kappa shape index (κ3) is 5.92. The number of benzene rings is 2. The van der Waals surface area contributed by atoms with Crippen LogP contribution in [0.3, 0.4) is 0 Å². The summed E-state index contributed by atoms with van der Waals surface area (Å²) in [4.78, 5) is 38.5. The lowest BCUT2D eigenvalue weighted by Crippen LogP contribution is -2.55. The number of carbonyl (C=O) groups excluding carboxylic acids is 2. The van der Waals surface area contributed by atoms with E-state index < -0.39 is 36.2 Å². The quantitative estimate of drug-likeness (QED) is 0.418. The number of aliphatic hydroxyl groups is 1. The highest BCUT2D eigenvalue weighted by Gasteiger charge is 2.31. The fourth-order valence-corrected chi connectivity index (χ4v) is 4.08. The van der Waals surface area contributed by atoms with Gasteiger partial charge in [-0.2, -0.15) is 0 Å². The first-order valence-corrected chi connectivity index (χ1v) is 11.2. The van der Waals surface area contributed by atoms with Gasteiger partial charge in [-0.1, -0.05) is 48.5 Å². The summed E-state index contributed by atoms with van der Waals surface area (Å²) in [6.07, 6.45) is -1.84. The van der Waals surface area contributed by atoms with Crippen LogP contribution < -0.4 is 10.6 Å². The molecule has 0 bridgehead atoms. The van der Waals surface area contributed by atoms with Crippen molar-refractivity contribution in [3.63, 3.8) is 0 Å². The van der Waals surface area contributed by atoms with E-state index in [9.17, 15) is 24.6 Å². The van der Waals surface area contributed by atoms with Gasteiger partial charge in [0.2, 0.25) is 5.91 Å². The van der Waals surface area contributed by atoms with Crippen molar-refractivity contribution >= 4 is 18.0 Å². The topological polar surface area (TPSA) is 128 Å². The number of hydrogen-bond donors (Lipinski definition) is 4. The molecular formula is C25H31N3O6. The summed E-state index contributed by atoms with van der Waals surface area (Å²) in [5.41, 5.74) is 4.35. The lowest BCUT2D eigenvalue weighted by Gasteiger charge is -2.24. The average Bonchev–Trinajstić information content (AvgIpc) is 3.11. The number of aliphatic carboxylic acids is 1. The second kappa shape index (κ2) is 11.1. The maximum atomic E-state index is 12.7. The number of carbonyl (C=O) groups is 3. The molecule has 2 aromatic rings. The van der Waals surface area contributed by atoms with E-state index in [0.29, 0.717) is 6.54 Å². The van der Waals surface area contributed by atoms with Gasteiger partial charge in [0.25, 0.3) is 0 Å². The lowest BCUT2D eigenvalue weighted by atomic mass is 9.98. The van der Waals surface area contributed by atoms with Crippen LogP contribution in [-0.4, -0.2) is 78.5 Å². The van der Waals surface area contributed by atoms with E-state index in [-0.39, 0.29) is 18.9 Å². The maximum Gasteiger partial charge on any atom is 0.407 e. The lowest BCUT2D eigenvalue weighted by molar-refractivity contribution is -0.145. The number of ether oxygens (including phenoxy) is 1. The van der Waals surface area contributed by atoms with Gasteiger partial charge in [0, 0.05) is 5.92 Å². The molecule has 3 atom stereocenters. The molecule has 1 unspecified atom stereocenters. The number of carboxylic acid groups (broad SMARTS) is 1. The van der Waals surface area contributed by atoms with Gasteiger partial charge in [-0.15, -0.1) is 0 Å². The molecule has 2 amide bonds. The van der Waals surface area contributed by atoms with Gasteiger partial charge in [-0.05, 0) is 56.2 Å². The second-order valence-electron chi connectivity index (χ2n) is 8.68. The number of nitrogens with one attached hydrogen (secondary N) is 2. The van der Waals surface area contributed by atoms with Crippen LogP contribution in [-0.2, 0) is 14.3 Å². The smallest absolute Gasteiger partial charge is 0.407 e. The van der Waals surface area contributed by atoms with Crippen molar-refractivity contribution < 1.29 is 29.3 Å². The summed E-state index contributed by atoms with van der Waals surface area (Å²) in [6, 6.07) is 13.4. The van der Waals surface area contributed by atoms with Crippen molar-refractivity contribution in [2.45, 2.75) is 37.5 Å². The number of aliphatic hydroxyl groups excluding tert-OH is 1. The fraction of sp³-hybridized carbons (Fsp3) is 0.400. The summed E-state index contributed by atoms with van der Waals surface area (Å²) in [6.45, 7) is 1.83. The fourth-order valence-electron chi connectivity index (χ4n) is 4.08. The van der Waals surface area contributed by atoms with E-state index in [4.69, 9.17) is 4.74 Å². The Morgan fingerprint density at radius 1 is 1.00 bits per heavy atom. The number of carboxylic acids is 1. The zero-order valence-corrected chi connectivity index (χ0v) is 19.5. The molecule has 1 aliphatic carbocycles. The zero-order valence-electron chi connectivity index (χ0n) is 19.5. The van der Waals surface area contributed by atoms with E-state index in [1.54, 1.807) is 0 Å². The molecule has 0 aromatic heterocycles. The van der Waals surface area contributed by atoms with Crippen molar-refractivity contribution in [1.82, 2.24) is 15.5 Å². The molecule has 1 aliphatic rings. The Morgan fingerprint density at radius 2 is 1.56 bits per heavy atom. The first-order chi connectivity index (χ1) is 16.2. The molecule has 3 rings (SSSR count). The van der Waals surface area contributed by atoms with Crippen molar-refractivity contribution in [2.75, 3.05) is 27.2 Å². The van der Waals surface area contributed by atoms with Crippen molar-refractivity contribution in [3.05, 3.63) is 59.7 Å². The Balaban J connectivity index is 1.68. The van der Waals surface area contributed by atoms with Crippen LogP contribution in [0.2, 0.25) is 0 Å². The van der Waals surface area contributed by atoms with E-state index in [1.807, 2.05) is 67.5 Å². The number of nitrogens with zero attached hydrogens (tertiary/aromatic N) is 1. The molecule has 0 heterocycles. The molecule has 9 heteroatoms. The minimum Gasteiger partial charge on any atom is -0.480 e. The Hall–Kier alpha value is -3.43. The van der Waals surface area contributed by atoms with Crippen LogP contribution in [0.4, 0.5) is 4.79 Å². The van der Waals surface area contributed by atoms with Crippen LogP contribution >= 0.6 is 0 Å². The maximum absolute atomic E-state index is 12.7. The van der Waals surface area contributed by atoms with Crippen LogP contribution in [0.5, 0.6) is 0 Å². The second-order valence-corrected chi connectivity index (χ2v) is 8.68. The van der Waals surface area contributed by atoms with Crippen LogP contribution in [0.15, 0.2) is 48.5 Å². The van der Waals surface area contributed by atoms with Crippen LogP contribution in [0.25, 0.3) is 11.1 Å². The molecule has 0 saturated carbocycles. The van der Waals surface area contributed by atoms with E-state index in [0.717, 1.165) is 22.3 Å². The van der Waals surface area contributed by atoms with E-state index >= 15 is 0 Å². The minimum absolute atomic E-state index is 0.0906. The molecule has 0 radical (unpaired) electrons. The Morgan fingerprint density at radius 3 is 2.06 bits per heavy atom. The van der Waals surface area contributed by atoms with Crippen molar-refractivity contribution in [3.8, 4) is 11.1 Å². The molecule has 0 aliphatic heterocycles. The Labute approximate surface area is 198 Å². The largest absolute Gasteiger partial charge is 0.480 e. The van der Waals surface area contributed by atoms with Gasteiger partial charge in [0.15, 0.2) is 6.04 Å². The third-order valence-corrected chi connectivity index (χ3v) is 5.86. The summed E-state index contributed by atoms with van der Waals surface area (Å²) < 4.78 is 5.52. The summed E-state index contributed by atoms with van der Waals surface area (Å²) >= 11 is 0. The normalized spacial score (nSPS) is 15.1. The number of hydrogen-bond acceptors (Lipinski definition) is 6. The summed E-state index contributed by atoms with van der Waals surface area (Å²) in [5, 5.41) is 23.8. The molecule has 182 valence electrons. The molecule has 4 N–H and O–H groups in total. The highest BCUT2D eigenvalue weighted by molar-refractivity contribution is 5.89. The summed E-state index contributed by atoms with van der Waals surface area (Å²) in [5.74, 6) is -2.20. The number of amides is 2. The van der Waals surface area contributed by atoms with E-state index in [1.165, 1.54) is 6.92 Å². The molecule has 34 heavy (non-hydrogen) atoms. The predicted octanol–water partition coefficient (Wildman–Crippen LogP) is 1.80. The average molecular weight is 470 g/mol. The van der Waals surface area contributed by atoms with E-state index in [2.05, 4.69) is 10.6 Å². The highest BCUT2D eigenvalue weighted by atomic mass is 16.5. The van der Waals surface area contributed by atoms with Gasteiger partial charge < -0.3 is 30.5 Å². The van der Waals surface area contributed by atoms with Gasteiger partial charge in [0.05, 0.1) is 6.10 Å². The first kappa shape index (κ1) is 25.2. The van der Waals surface area contributed by atoms with Gasteiger partial charge in [-0.25, -0.2) is 9.59 Å². The zero-order chi connectivity index (χ0) is 24.8. The molecule has 0 spiro atoms. The number of fused-ring (bicyclic) bond motifs is 3. The number of rotatable bonds is 10. The first-order valence-electron chi connectivity index (χ1n) is 11.2. The molecule has 0 saturated heterocycles. The van der Waals surface area contributed by atoms with Crippen LogP contribution in [0.1, 0.15) is 30.4 Å². The van der Waals surface area contributed by atoms with Gasteiger partial charge >= 0.3 is 12.1 Å². The Kier molecular flexibility index (Phi) is 8.25. The van der Waals surface area contributed by atoms with Crippen LogP contribution in [0, 0.1) is 0 Å². The van der Waals surface area contributed by atoms with Crippen molar-refractivity contribution in [1.29, 1.82) is 0 Å². The highest BCUT2D eigenvalue weighted by Crippen LogP contribution is 2.44. The van der Waals surface area contributed by atoms with Crippen molar-refractivity contribution in [2.24, 2.45) is 0 Å². The minimum atomic E-state index is -1.49.